The summed E-state index contributed by atoms with van der Waals surface area (Å²) in [7, 11) is 0. The number of benzene rings is 1. The maximum Gasteiger partial charge on any atom is 0.0463 e. The molecule has 1 aromatic carbocycles. The number of aromatic nitrogens is 1. The van der Waals surface area contributed by atoms with Crippen LogP contribution >= 0.6 is 0 Å². The van der Waals surface area contributed by atoms with Crippen molar-refractivity contribution in [1.29, 1.82) is 0 Å². The summed E-state index contributed by atoms with van der Waals surface area (Å²) >= 11 is 0. The second kappa shape index (κ2) is 3.09. The van der Waals surface area contributed by atoms with Gasteiger partial charge in [0.2, 0.25) is 0 Å². The Hall–Kier alpha value is -1.37. The van der Waals surface area contributed by atoms with Crippen molar-refractivity contribution in [3.63, 3.8) is 0 Å². The Morgan fingerprint density at radius 3 is 2.29 bits per heavy atom. The summed E-state index contributed by atoms with van der Waals surface area (Å²) in [5, 5.41) is 2.48. The summed E-state index contributed by atoms with van der Waals surface area (Å²) in [6.45, 7) is 6.55. The lowest BCUT2D eigenvalue weighted by Gasteiger charge is -2.17. The van der Waals surface area contributed by atoms with Crippen LogP contribution < -0.4 is 0 Å². The largest absolute Gasteiger partial charge is 0.260 e. The lowest BCUT2D eigenvalue weighted by atomic mass is 9.91. The normalized spacial score (nSPS) is 11.9. The average Bonchev–Trinajstić information content (AvgIpc) is 2.16. The molecule has 0 N–H and O–H groups in total. The smallest absolute Gasteiger partial charge is 0.0463 e. The van der Waals surface area contributed by atoms with Crippen molar-refractivity contribution in [2.45, 2.75) is 26.2 Å². The van der Waals surface area contributed by atoms with Crippen LogP contribution in [0.3, 0.4) is 0 Å². The van der Waals surface area contributed by atoms with E-state index in [4.69, 9.17) is 0 Å². The molecular formula is C13H15N. The Balaban J connectivity index is 2.63. The number of nitrogens with zero attached hydrogens (tertiary/aromatic N) is 1. The third kappa shape index (κ3) is 1.63. The van der Waals surface area contributed by atoms with E-state index in [0.717, 1.165) is 5.69 Å². The standard InChI is InChI=1S/C13H15N/c1-13(2,3)12-8-10-6-4-5-7-11(10)9-14-12/h4-9H,1-3H3. The lowest BCUT2D eigenvalue weighted by molar-refractivity contribution is 0.570. The van der Waals surface area contributed by atoms with Gasteiger partial charge in [-0.1, -0.05) is 45.0 Å². The van der Waals surface area contributed by atoms with E-state index in [2.05, 4.69) is 50.0 Å². The molecule has 1 heteroatoms. The third-order valence-electron chi connectivity index (χ3n) is 2.40. The fourth-order valence-electron chi connectivity index (χ4n) is 1.49. The van der Waals surface area contributed by atoms with Crippen LogP contribution in [0.5, 0.6) is 0 Å². The van der Waals surface area contributed by atoms with E-state index in [9.17, 15) is 0 Å². The number of fused-ring (bicyclic) bond motifs is 1. The summed E-state index contributed by atoms with van der Waals surface area (Å²) in [4.78, 5) is 4.48. The average molecular weight is 185 g/mol. The first-order valence-electron chi connectivity index (χ1n) is 4.93. The fraction of sp³-hybridized carbons (Fsp3) is 0.308. The highest BCUT2D eigenvalue weighted by molar-refractivity contribution is 5.81. The predicted octanol–water partition coefficient (Wildman–Crippen LogP) is 3.53. The first-order chi connectivity index (χ1) is 6.57. The van der Waals surface area contributed by atoms with Gasteiger partial charge in [0.15, 0.2) is 0 Å². The minimum atomic E-state index is 0.129. The van der Waals surface area contributed by atoms with Crippen LogP contribution in [0.15, 0.2) is 36.5 Å². The van der Waals surface area contributed by atoms with Gasteiger partial charge in [-0.3, -0.25) is 4.98 Å². The molecule has 0 radical (unpaired) electrons. The van der Waals surface area contributed by atoms with Gasteiger partial charge in [-0.05, 0) is 11.5 Å². The summed E-state index contributed by atoms with van der Waals surface area (Å²) in [6, 6.07) is 10.5. The second-order valence-corrected chi connectivity index (χ2v) is 4.67. The zero-order valence-electron chi connectivity index (χ0n) is 8.91. The van der Waals surface area contributed by atoms with E-state index >= 15 is 0 Å². The predicted molar refractivity (Wildman–Crippen MR) is 60.4 cm³/mol. The molecule has 0 atom stereocenters. The third-order valence-corrected chi connectivity index (χ3v) is 2.40. The molecule has 1 heterocycles. The monoisotopic (exact) mass is 185 g/mol. The maximum atomic E-state index is 4.48. The topological polar surface area (TPSA) is 12.9 Å². The molecular weight excluding hydrogens is 170 g/mol. The van der Waals surface area contributed by atoms with E-state index in [1.807, 2.05) is 12.3 Å². The maximum absolute atomic E-state index is 4.48. The van der Waals surface area contributed by atoms with E-state index in [1.54, 1.807) is 0 Å². The first kappa shape index (κ1) is 9.20. The van der Waals surface area contributed by atoms with E-state index in [-0.39, 0.29) is 5.41 Å². The van der Waals surface area contributed by atoms with Crippen molar-refractivity contribution >= 4 is 10.8 Å². The Labute approximate surface area is 84.8 Å². The number of pyridine rings is 1. The zero-order valence-corrected chi connectivity index (χ0v) is 8.91. The molecule has 0 aliphatic rings. The molecule has 1 nitrogen and oxygen atoms in total. The van der Waals surface area contributed by atoms with Crippen LogP contribution in [0.25, 0.3) is 10.8 Å². The molecule has 0 saturated carbocycles. The molecule has 0 spiro atoms. The van der Waals surface area contributed by atoms with E-state index in [0.29, 0.717) is 0 Å². The summed E-state index contributed by atoms with van der Waals surface area (Å²) in [5.41, 5.74) is 1.28. The van der Waals surface area contributed by atoms with Crippen LogP contribution in [0, 0.1) is 0 Å². The molecule has 2 rings (SSSR count). The Bertz CT molecular complexity index is 452. The summed E-state index contributed by atoms with van der Waals surface area (Å²) in [6.07, 6.45) is 1.95. The van der Waals surface area contributed by atoms with Crippen molar-refractivity contribution in [3.8, 4) is 0 Å². The van der Waals surface area contributed by atoms with Gasteiger partial charge in [-0.2, -0.15) is 0 Å². The molecule has 0 saturated heterocycles. The van der Waals surface area contributed by atoms with Crippen LogP contribution in [-0.2, 0) is 5.41 Å². The minimum Gasteiger partial charge on any atom is -0.260 e. The Morgan fingerprint density at radius 1 is 1.00 bits per heavy atom. The molecule has 0 amide bonds. The van der Waals surface area contributed by atoms with Crippen molar-refractivity contribution in [2.24, 2.45) is 0 Å². The SMILES string of the molecule is CC(C)(C)c1cc2ccccc2cn1. The van der Waals surface area contributed by atoms with Crippen LogP contribution in [0.1, 0.15) is 26.5 Å². The van der Waals surface area contributed by atoms with Gasteiger partial charge in [0.1, 0.15) is 0 Å². The van der Waals surface area contributed by atoms with E-state index in [1.165, 1.54) is 10.8 Å². The number of rotatable bonds is 0. The molecule has 0 aliphatic heterocycles. The van der Waals surface area contributed by atoms with Gasteiger partial charge in [-0.15, -0.1) is 0 Å². The molecule has 0 bridgehead atoms. The van der Waals surface area contributed by atoms with Gasteiger partial charge in [0, 0.05) is 22.7 Å². The molecule has 1 aromatic heterocycles. The molecule has 0 fully saturated rings. The summed E-state index contributed by atoms with van der Waals surface area (Å²) in [5.74, 6) is 0. The lowest BCUT2D eigenvalue weighted by Crippen LogP contribution is -2.12. The number of hydrogen-bond acceptors (Lipinski definition) is 1. The highest BCUT2D eigenvalue weighted by Gasteiger charge is 2.14. The Morgan fingerprint density at radius 2 is 1.64 bits per heavy atom. The molecule has 0 unspecified atom stereocenters. The molecule has 0 aliphatic carbocycles. The number of hydrogen-bond donors (Lipinski definition) is 0. The van der Waals surface area contributed by atoms with Gasteiger partial charge in [-0.25, -0.2) is 0 Å². The first-order valence-corrected chi connectivity index (χ1v) is 4.93. The second-order valence-electron chi connectivity index (χ2n) is 4.67. The van der Waals surface area contributed by atoms with Crippen LogP contribution in [0.2, 0.25) is 0 Å². The van der Waals surface area contributed by atoms with E-state index < -0.39 is 0 Å². The van der Waals surface area contributed by atoms with Crippen LogP contribution in [-0.4, -0.2) is 4.98 Å². The zero-order chi connectivity index (χ0) is 10.2. The minimum absolute atomic E-state index is 0.129. The fourth-order valence-corrected chi connectivity index (χ4v) is 1.49. The van der Waals surface area contributed by atoms with Gasteiger partial charge in [0.05, 0.1) is 0 Å². The molecule has 14 heavy (non-hydrogen) atoms. The highest BCUT2D eigenvalue weighted by Crippen LogP contribution is 2.23. The molecule has 72 valence electrons. The van der Waals surface area contributed by atoms with Crippen LogP contribution in [0.4, 0.5) is 0 Å². The van der Waals surface area contributed by atoms with Gasteiger partial charge >= 0.3 is 0 Å². The highest BCUT2D eigenvalue weighted by atomic mass is 14.7. The van der Waals surface area contributed by atoms with Gasteiger partial charge < -0.3 is 0 Å². The van der Waals surface area contributed by atoms with Crippen molar-refractivity contribution in [2.75, 3.05) is 0 Å². The van der Waals surface area contributed by atoms with Crippen molar-refractivity contribution in [3.05, 3.63) is 42.2 Å². The van der Waals surface area contributed by atoms with Gasteiger partial charge in [0.25, 0.3) is 0 Å². The van der Waals surface area contributed by atoms with Crippen molar-refractivity contribution < 1.29 is 0 Å². The Kier molecular flexibility index (Phi) is 2.03. The molecule has 2 aromatic rings. The quantitative estimate of drug-likeness (QED) is 0.611. The van der Waals surface area contributed by atoms with Crippen molar-refractivity contribution in [1.82, 2.24) is 4.98 Å². The summed E-state index contributed by atoms with van der Waals surface area (Å²) < 4.78 is 0.